The molecule has 2 rings (SSSR count). The Morgan fingerprint density at radius 2 is 1.95 bits per heavy atom. The Hall–Kier alpha value is -2.15. The molecule has 2 heterocycles. The number of nitrogens with one attached hydrogen (secondary N) is 3. The van der Waals surface area contributed by atoms with Gasteiger partial charge in [0.15, 0.2) is 0 Å². The quantitative estimate of drug-likeness (QED) is 0.711. The van der Waals surface area contributed by atoms with Gasteiger partial charge in [-0.05, 0) is 25.1 Å². The third-order valence-corrected chi connectivity index (χ3v) is 3.41. The van der Waals surface area contributed by atoms with Crippen molar-refractivity contribution in [3.8, 4) is 0 Å². The van der Waals surface area contributed by atoms with Crippen molar-refractivity contribution in [1.29, 1.82) is 0 Å². The molecule has 0 unspecified atom stereocenters. The molecule has 0 aliphatic carbocycles. The van der Waals surface area contributed by atoms with Gasteiger partial charge in [0, 0.05) is 24.2 Å². The van der Waals surface area contributed by atoms with Crippen LogP contribution in [0.1, 0.15) is 25.0 Å². The molecule has 100 valence electrons. The molecule has 0 radical (unpaired) electrons. The Bertz CT molecular complexity index is 562. The minimum absolute atomic E-state index is 0.117. The van der Waals surface area contributed by atoms with E-state index in [0.29, 0.717) is 23.7 Å². The number of rotatable bonds is 5. The number of carbonyl (C=O) groups excluding carboxylic acids is 2. The molecular formula is C12H14N4O2S. The van der Waals surface area contributed by atoms with Gasteiger partial charge in [-0.25, -0.2) is 0 Å². The fourth-order valence-corrected chi connectivity index (χ4v) is 2.26. The lowest BCUT2D eigenvalue weighted by Gasteiger charge is -2.05. The van der Waals surface area contributed by atoms with Crippen LogP contribution < -0.4 is 10.6 Å². The van der Waals surface area contributed by atoms with Gasteiger partial charge in [0.2, 0.25) is 0 Å². The predicted octanol–water partition coefficient (Wildman–Crippen LogP) is 0.939. The molecule has 2 aromatic heterocycles. The zero-order chi connectivity index (χ0) is 13.7. The minimum Gasteiger partial charge on any atom is -0.350 e. The van der Waals surface area contributed by atoms with E-state index in [-0.39, 0.29) is 11.8 Å². The summed E-state index contributed by atoms with van der Waals surface area (Å²) >= 11 is 1.45. The third-order valence-electron chi connectivity index (χ3n) is 2.41. The molecule has 0 atom stereocenters. The molecule has 0 aliphatic heterocycles. The maximum absolute atomic E-state index is 11.7. The van der Waals surface area contributed by atoms with Crippen molar-refractivity contribution >= 4 is 23.2 Å². The van der Waals surface area contributed by atoms with Crippen LogP contribution in [0.25, 0.3) is 0 Å². The summed E-state index contributed by atoms with van der Waals surface area (Å²) in [5, 5.41) is 11.7. The van der Waals surface area contributed by atoms with E-state index in [1.54, 1.807) is 12.1 Å². The number of nitrogens with zero attached hydrogens (tertiary/aromatic N) is 1. The SMILES string of the molecule is Cc1ccc(C(=O)NCCNC(=O)c2ccn[nH]2)s1. The second-order valence-corrected chi connectivity index (χ2v) is 5.18. The van der Waals surface area contributed by atoms with E-state index in [4.69, 9.17) is 0 Å². The lowest BCUT2D eigenvalue weighted by Crippen LogP contribution is -2.34. The van der Waals surface area contributed by atoms with E-state index in [1.807, 2.05) is 13.0 Å². The van der Waals surface area contributed by atoms with Crippen LogP contribution in [0.3, 0.4) is 0 Å². The van der Waals surface area contributed by atoms with Crippen molar-refractivity contribution in [3.05, 3.63) is 39.8 Å². The second kappa shape index (κ2) is 6.14. The van der Waals surface area contributed by atoms with E-state index < -0.39 is 0 Å². The monoisotopic (exact) mass is 278 g/mol. The molecule has 0 saturated carbocycles. The molecule has 0 saturated heterocycles. The third kappa shape index (κ3) is 3.65. The Balaban J connectivity index is 1.70. The molecule has 6 nitrogen and oxygen atoms in total. The summed E-state index contributed by atoms with van der Waals surface area (Å²) in [7, 11) is 0. The first-order valence-electron chi connectivity index (χ1n) is 5.79. The number of thiophene rings is 1. The van der Waals surface area contributed by atoms with E-state index >= 15 is 0 Å². The van der Waals surface area contributed by atoms with Crippen molar-refractivity contribution in [2.75, 3.05) is 13.1 Å². The van der Waals surface area contributed by atoms with Gasteiger partial charge >= 0.3 is 0 Å². The average Bonchev–Trinajstić information content (AvgIpc) is 3.04. The van der Waals surface area contributed by atoms with Crippen molar-refractivity contribution in [1.82, 2.24) is 20.8 Å². The summed E-state index contributed by atoms with van der Waals surface area (Å²) < 4.78 is 0. The van der Waals surface area contributed by atoms with Gasteiger partial charge in [-0.3, -0.25) is 14.7 Å². The maximum Gasteiger partial charge on any atom is 0.269 e. The molecule has 2 aromatic rings. The largest absolute Gasteiger partial charge is 0.350 e. The number of aromatic amines is 1. The molecule has 0 spiro atoms. The lowest BCUT2D eigenvalue weighted by atomic mass is 10.4. The van der Waals surface area contributed by atoms with Gasteiger partial charge in [0.25, 0.3) is 11.8 Å². The van der Waals surface area contributed by atoms with E-state index in [2.05, 4.69) is 20.8 Å². The van der Waals surface area contributed by atoms with Gasteiger partial charge in [-0.15, -0.1) is 11.3 Å². The Labute approximate surface area is 114 Å². The Morgan fingerprint density at radius 1 is 1.21 bits per heavy atom. The molecule has 7 heteroatoms. The zero-order valence-electron chi connectivity index (χ0n) is 10.4. The highest BCUT2D eigenvalue weighted by atomic mass is 32.1. The summed E-state index contributed by atoms with van der Waals surface area (Å²) in [6, 6.07) is 5.28. The van der Waals surface area contributed by atoms with Crippen LogP contribution in [-0.4, -0.2) is 35.1 Å². The van der Waals surface area contributed by atoms with Crippen molar-refractivity contribution < 1.29 is 9.59 Å². The molecular weight excluding hydrogens is 264 g/mol. The highest BCUT2D eigenvalue weighted by Gasteiger charge is 2.08. The van der Waals surface area contributed by atoms with Crippen LogP contribution in [0.5, 0.6) is 0 Å². The summed E-state index contributed by atoms with van der Waals surface area (Å²) in [6.45, 7) is 2.70. The number of carbonyl (C=O) groups is 2. The number of aromatic nitrogens is 2. The van der Waals surface area contributed by atoms with Crippen LogP contribution in [0.15, 0.2) is 24.4 Å². The van der Waals surface area contributed by atoms with Gasteiger partial charge in [0.05, 0.1) is 4.88 Å². The number of amides is 2. The molecule has 3 N–H and O–H groups in total. The second-order valence-electron chi connectivity index (χ2n) is 3.89. The summed E-state index contributed by atoms with van der Waals surface area (Å²) in [5.74, 6) is -0.354. The first-order valence-corrected chi connectivity index (χ1v) is 6.60. The predicted molar refractivity (Wildman–Crippen MR) is 72.3 cm³/mol. The van der Waals surface area contributed by atoms with Crippen molar-refractivity contribution in [2.24, 2.45) is 0 Å². The number of hydrogen-bond donors (Lipinski definition) is 3. The first kappa shape index (κ1) is 13.3. The number of H-pyrrole nitrogens is 1. The van der Waals surface area contributed by atoms with Crippen LogP contribution in [0.2, 0.25) is 0 Å². The van der Waals surface area contributed by atoms with E-state index in [1.165, 1.54) is 17.5 Å². The molecule has 2 amide bonds. The smallest absolute Gasteiger partial charge is 0.269 e. The van der Waals surface area contributed by atoms with Gasteiger partial charge in [-0.2, -0.15) is 5.10 Å². The first-order chi connectivity index (χ1) is 9.16. The van der Waals surface area contributed by atoms with Gasteiger partial charge in [0.1, 0.15) is 5.69 Å². The molecule has 0 bridgehead atoms. The summed E-state index contributed by atoms with van der Waals surface area (Å²) in [4.78, 5) is 25.0. The highest BCUT2D eigenvalue weighted by Crippen LogP contribution is 2.14. The van der Waals surface area contributed by atoms with E-state index in [9.17, 15) is 9.59 Å². The Morgan fingerprint density at radius 3 is 2.53 bits per heavy atom. The standard InChI is InChI=1S/C12H14N4O2S/c1-8-2-3-10(19-8)12(18)14-7-6-13-11(17)9-4-5-15-16-9/h2-5H,6-7H2,1H3,(H,13,17)(H,14,18)(H,15,16). The number of hydrogen-bond acceptors (Lipinski definition) is 4. The average molecular weight is 278 g/mol. The molecule has 0 aliphatic rings. The fourth-order valence-electron chi connectivity index (χ4n) is 1.47. The minimum atomic E-state index is -0.237. The zero-order valence-corrected chi connectivity index (χ0v) is 11.2. The molecule has 0 aromatic carbocycles. The van der Waals surface area contributed by atoms with Crippen molar-refractivity contribution in [2.45, 2.75) is 6.92 Å². The summed E-state index contributed by atoms with van der Waals surface area (Å²) in [5.41, 5.74) is 0.403. The van der Waals surface area contributed by atoms with Gasteiger partial charge in [-0.1, -0.05) is 0 Å². The van der Waals surface area contributed by atoms with Crippen LogP contribution >= 0.6 is 11.3 Å². The van der Waals surface area contributed by atoms with Crippen LogP contribution in [0, 0.1) is 6.92 Å². The molecule has 0 fully saturated rings. The highest BCUT2D eigenvalue weighted by molar-refractivity contribution is 7.13. The van der Waals surface area contributed by atoms with Crippen molar-refractivity contribution in [3.63, 3.8) is 0 Å². The van der Waals surface area contributed by atoms with Gasteiger partial charge < -0.3 is 10.6 Å². The lowest BCUT2D eigenvalue weighted by molar-refractivity contribution is 0.0927. The van der Waals surface area contributed by atoms with Crippen LogP contribution in [0.4, 0.5) is 0 Å². The fraction of sp³-hybridized carbons (Fsp3) is 0.250. The Kier molecular flexibility index (Phi) is 4.30. The van der Waals surface area contributed by atoms with Crippen LogP contribution in [-0.2, 0) is 0 Å². The maximum atomic E-state index is 11.7. The van der Waals surface area contributed by atoms with E-state index in [0.717, 1.165) is 4.88 Å². The normalized spacial score (nSPS) is 10.2. The molecule has 19 heavy (non-hydrogen) atoms. The summed E-state index contributed by atoms with van der Waals surface area (Å²) in [6.07, 6.45) is 1.51. The topological polar surface area (TPSA) is 86.9 Å². The number of aryl methyl sites for hydroxylation is 1.